The van der Waals surface area contributed by atoms with Crippen LogP contribution in [0, 0.1) is 11.7 Å². The Labute approximate surface area is 187 Å². The van der Waals surface area contributed by atoms with Crippen molar-refractivity contribution in [3.63, 3.8) is 0 Å². The fourth-order valence-corrected chi connectivity index (χ4v) is 4.16. The van der Waals surface area contributed by atoms with Crippen molar-refractivity contribution in [2.45, 2.75) is 25.8 Å². The minimum Gasteiger partial charge on any atom is -0.492 e. The molecule has 1 atom stereocenters. The monoisotopic (exact) mass is 461 g/mol. The lowest BCUT2D eigenvalue weighted by Crippen LogP contribution is -2.31. The van der Waals surface area contributed by atoms with E-state index in [9.17, 15) is 14.7 Å². The smallest absolute Gasteiger partial charge is 0.341 e. The van der Waals surface area contributed by atoms with E-state index < -0.39 is 28.7 Å². The number of pyridine rings is 1. The van der Waals surface area contributed by atoms with Gasteiger partial charge in [-0.3, -0.25) is 4.79 Å². The van der Waals surface area contributed by atoms with Gasteiger partial charge in [-0.25, -0.2) is 9.18 Å². The van der Waals surface area contributed by atoms with E-state index in [2.05, 4.69) is 10.3 Å². The van der Waals surface area contributed by atoms with Gasteiger partial charge in [0, 0.05) is 18.8 Å². The van der Waals surface area contributed by atoms with E-state index in [1.165, 1.54) is 13.3 Å². The van der Waals surface area contributed by atoms with Gasteiger partial charge >= 0.3 is 5.97 Å². The van der Waals surface area contributed by atoms with Crippen LogP contribution in [0.3, 0.4) is 0 Å². The SMILES string of the molecule is CCO/N=C1\CN(c2c(F)cc3c(=O)c(C(=O)O)cn(C4CC4)c3c2OC)CC1/C(N)=N\O. The predicted octanol–water partition coefficient (Wildman–Crippen LogP) is 1.76. The van der Waals surface area contributed by atoms with E-state index in [0.717, 1.165) is 18.9 Å². The van der Waals surface area contributed by atoms with Crippen molar-refractivity contribution in [1.29, 1.82) is 0 Å². The number of benzene rings is 1. The molecule has 2 aromatic rings. The van der Waals surface area contributed by atoms with Crippen molar-refractivity contribution in [1.82, 2.24) is 4.57 Å². The first-order chi connectivity index (χ1) is 15.8. The van der Waals surface area contributed by atoms with Gasteiger partial charge in [-0.2, -0.15) is 0 Å². The highest BCUT2D eigenvalue weighted by molar-refractivity contribution is 6.10. The number of carboxylic acid groups (broad SMARTS) is 1. The van der Waals surface area contributed by atoms with Crippen LogP contribution in [0.4, 0.5) is 10.1 Å². The number of hydrogen-bond acceptors (Lipinski definition) is 8. The number of nitrogens with two attached hydrogens (primary N) is 1. The van der Waals surface area contributed by atoms with E-state index in [0.29, 0.717) is 17.8 Å². The summed E-state index contributed by atoms with van der Waals surface area (Å²) in [4.78, 5) is 31.2. The molecule has 1 unspecified atom stereocenters. The van der Waals surface area contributed by atoms with Crippen LogP contribution in [-0.4, -0.2) is 59.2 Å². The Kier molecular flexibility index (Phi) is 5.83. The molecule has 1 saturated heterocycles. The number of halogens is 1. The summed E-state index contributed by atoms with van der Waals surface area (Å²) >= 11 is 0. The maximum absolute atomic E-state index is 15.5. The lowest BCUT2D eigenvalue weighted by molar-refractivity contribution is 0.0694. The fourth-order valence-electron chi connectivity index (χ4n) is 4.16. The average molecular weight is 461 g/mol. The van der Waals surface area contributed by atoms with Crippen LogP contribution in [0.2, 0.25) is 0 Å². The largest absolute Gasteiger partial charge is 0.492 e. The standard InChI is InChI=1S/C21H24FN5O6/c1-3-33-25-15-9-26(7-12(15)20(23)24-31)17-14(22)6-11-16(19(17)32-2)27(10-4-5-10)8-13(18(11)28)21(29)30/h6,8,10,12,31H,3-5,7,9H2,1-2H3,(H2,23,24)(H,29,30)/b25-15+. The van der Waals surface area contributed by atoms with Crippen LogP contribution in [0.1, 0.15) is 36.2 Å². The highest BCUT2D eigenvalue weighted by Crippen LogP contribution is 2.44. The first-order valence-corrected chi connectivity index (χ1v) is 10.4. The summed E-state index contributed by atoms with van der Waals surface area (Å²) < 4.78 is 22.7. The number of amidine groups is 1. The van der Waals surface area contributed by atoms with Crippen molar-refractivity contribution in [2.24, 2.45) is 22.0 Å². The normalized spacial score (nSPS) is 20.0. The summed E-state index contributed by atoms with van der Waals surface area (Å²) in [5.41, 5.74) is 5.44. The van der Waals surface area contributed by atoms with Gasteiger partial charge in [0.05, 0.1) is 36.2 Å². The molecule has 2 fully saturated rings. The highest BCUT2D eigenvalue weighted by Gasteiger charge is 2.37. The number of oxime groups is 2. The van der Waals surface area contributed by atoms with Crippen molar-refractivity contribution >= 4 is 34.1 Å². The van der Waals surface area contributed by atoms with Crippen LogP contribution in [0.25, 0.3) is 10.9 Å². The van der Waals surface area contributed by atoms with Crippen LogP contribution in [-0.2, 0) is 4.84 Å². The molecule has 1 aromatic carbocycles. The molecule has 0 amide bonds. The van der Waals surface area contributed by atoms with Gasteiger partial charge in [0.25, 0.3) is 0 Å². The molecule has 11 nitrogen and oxygen atoms in total. The highest BCUT2D eigenvalue weighted by atomic mass is 19.1. The minimum absolute atomic E-state index is 0.0167. The predicted molar refractivity (Wildman–Crippen MR) is 118 cm³/mol. The van der Waals surface area contributed by atoms with Gasteiger partial charge in [0.1, 0.15) is 23.7 Å². The van der Waals surface area contributed by atoms with Gasteiger partial charge < -0.3 is 35.1 Å². The van der Waals surface area contributed by atoms with E-state index in [1.54, 1.807) is 16.4 Å². The molecule has 2 aliphatic rings. The molecule has 2 heterocycles. The maximum Gasteiger partial charge on any atom is 0.341 e. The maximum atomic E-state index is 15.5. The van der Waals surface area contributed by atoms with Gasteiger partial charge in [-0.05, 0) is 25.8 Å². The van der Waals surface area contributed by atoms with E-state index >= 15 is 4.39 Å². The summed E-state index contributed by atoms with van der Waals surface area (Å²) in [5, 5.41) is 25.6. The third kappa shape index (κ3) is 3.81. The third-order valence-corrected chi connectivity index (χ3v) is 5.83. The first-order valence-electron chi connectivity index (χ1n) is 10.4. The summed E-state index contributed by atoms with van der Waals surface area (Å²) in [7, 11) is 1.36. The Morgan fingerprint density at radius 2 is 2.12 bits per heavy atom. The van der Waals surface area contributed by atoms with Gasteiger partial charge in [0.15, 0.2) is 11.6 Å². The number of ether oxygens (including phenoxy) is 1. The van der Waals surface area contributed by atoms with Crippen LogP contribution in [0.15, 0.2) is 27.4 Å². The molecule has 12 heteroatoms. The number of methoxy groups -OCH3 is 1. The molecule has 4 N–H and O–H groups in total. The van der Waals surface area contributed by atoms with Crippen LogP contribution >= 0.6 is 0 Å². The lowest BCUT2D eigenvalue weighted by Gasteiger charge is -2.24. The summed E-state index contributed by atoms with van der Waals surface area (Å²) in [5.74, 6) is -2.77. The second-order valence-corrected chi connectivity index (χ2v) is 7.91. The fraction of sp³-hybridized carbons (Fsp3) is 0.429. The van der Waals surface area contributed by atoms with Gasteiger partial charge in [0.2, 0.25) is 5.43 Å². The summed E-state index contributed by atoms with van der Waals surface area (Å²) in [6, 6.07) is 1.02. The van der Waals surface area contributed by atoms with E-state index in [1.807, 2.05) is 0 Å². The Bertz CT molecular complexity index is 1240. The number of aromatic nitrogens is 1. The number of aromatic carboxylic acids is 1. The summed E-state index contributed by atoms with van der Waals surface area (Å²) in [6.45, 7) is 2.30. The molecule has 33 heavy (non-hydrogen) atoms. The Hall–Kier alpha value is -3.83. The van der Waals surface area contributed by atoms with Crippen molar-refractivity contribution in [3.8, 4) is 5.75 Å². The zero-order valence-corrected chi connectivity index (χ0v) is 18.1. The molecule has 1 aliphatic heterocycles. The Morgan fingerprint density at radius 1 is 1.39 bits per heavy atom. The number of nitrogens with zero attached hydrogens (tertiary/aromatic N) is 4. The van der Waals surface area contributed by atoms with Crippen LogP contribution in [0.5, 0.6) is 5.75 Å². The third-order valence-electron chi connectivity index (χ3n) is 5.83. The Balaban J connectivity index is 1.93. The quantitative estimate of drug-likeness (QED) is 0.244. The molecule has 0 radical (unpaired) electrons. The Morgan fingerprint density at radius 3 is 2.70 bits per heavy atom. The first kappa shape index (κ1) is 22.4. The molecule has 1 aliphatic carbocycles. The second-order valence-electron chi connectivity index (χ2n) is 7.91. The topological polar surface area (TPSA) is 152 Å². The van der Waals surface area contributed by atoms with Crippen molar-refractivity contribution < 1.29 is 29.1 Å². The molecule has 4 rings (SSSR count). The number of carbonyl (C=O) groups is 1. The van der Waals surface area contributed by atoms with Gasteiger partial charge in [-0.1, -0.05) is 10.3 Å². The summed E-state index contributed by atoms with van der Waals surface area (Å²) in [6.07, 6.45) is 2.89. The number of fused-ring (bicyclic) bond motifs is 1. The molecule has 0 spiro atoms. The average Bonchev–Trinajstić information content (AvgIpc) is 3.56. The van der Waals surface area contributed by atoms with Crippen LogP contribution < -0.4 is 20.8 Å². The van der Waals surface area contributed by atoms with Crippen molar-refractivity contribution in [3.05, 3.63) is 33.9 Å². The number of carboxylic acids is 1. The van der Waals surface area contributed by atoms with Crippen molar-refractivity contribution in [2.75, 3.05) is 31.7 Å². The van der Waals surface area contributed by atoms with E-state index in [4.69, 9.17) is 20.5 Å². The van der Waals surface area contributed by atoms with E-state index in [-0.39, 0.29) is 41.8 Å². The molecular formula is C21H24FN5O6. The second kappa shape index (κ2) is 8.60. The number of rotatable bonds is 7. The molecule has 0 bridgehead atoms. The minimum atomic E-state index is -1.38. The number of hydrogen-bond donors (Lipinski definition) is 3. The molecular weight excluding hydrogens is 437 g/mol. The zero-order chi connectivity index (χ0) is 23.9. The zero-order valence-electron chi connectivity index (χ0n) is 18.1. The molecule has 1 aromatic heterocycles. The molecule has 176 valence electrons. The molecule has 1 saturated carbocycles. The lowest BCUT2D eigenvalue weighted by atomic mass is 10.1. The number of anilines is 1. The van der Waals surface area contributed by atoms with Gasteiger partial charge in [-0.15, -0.1) is 0 Å².